The summed E-state index contributed by atoms with van der Waals surface area (Å²) < 4.78 is 0. The van der Waals surface area contributed by atoms with Crippen molar-refractivity contribution in [3.63, 3.8) is 0 Å². The van der Waals surface area contributed by atoms with Crippen LogP contribution in [-0.2, 0) is 0 Å². The molecule has 68 valence electrons. The smallest absolute Gasteiger partial charge is 1.00 e. The number of hydrogen-bond donors (Lipinski definition) is 0. The second-order valence-electron chi connectivity index (χ2n) is 2.61. The Balaban J connectivity index is -0.000000405. The zero-order valence-electron chi connectivity index (χ0n) is 8.19. The van der Waals surface area contributed by atoms with Crippen LogP contribution < -0.4 is 24.0 Å². The normalized spacial score (nSPS) is 9.17. The first-order chi connectivity index (χ1) is 4.91. The summed E-state index contributed by atoms with van der Waals surface area (Å²) in [7, 11) is 0. The van der Waals surface area contributed by atoms with Crippen molar-refractivity contribution >= 4 is 23.1 Å². The van der Waals surface area contributed by atoms with Gasteiger partial charge < -0.3 is 30.9 Å². The standard InChI is InChI=1S/C10H19.HI.Mg/c1-3-5-7-9-10-8-6-4-2;;/h5,7H,1,3-4,6,8-10H2,2H3;1H;/q-1;;+2/p-1/b7-5-;;. The molecule has 0 bridgehead atoms. The average molecular weight is 290 g/mol. The molecule has 2 heteroatoms. The van der Waals surface area contributed by atoms with Gasteiger partial charge in [-0.2, -0.15) is 6.42 Å². The molecule has 12 heavy (non-hydrogen) atoms. The van der Waals surface area contributed by atoms with Crippen molar-refractivity contribution in [2.75, 3.05) is 0 Å². The molecule has 0 fully saturated rings. The second kappa shape index (κ2) is 18.1. The number of halogens is 1. The maximum atomic E-state index is 3.73. The Labute approximate surface area is 111 Å². The van der Waals surface area contributed by atoms with Gasteiger partial charge in [0.1, 0.15) is 0 Å². The van der Waals surface area contributed by atoms with E-state index in [4.69, 9.17) is 0 Å². The molecule has 0 aliphatic carbocycles. The molecule has 0 aliphatic heterocycles. The molecule has 0 saturated carbocycles. The summed E-state index contributed by atoms with van der Waals surface area (Å²) >= 11 is 0. The molecule has 0 rings (SSSR count). The van der Waals surface area contributed by atoms with Gasteiger partial charge in [0.2, 0.25) is 0 Å². The predicted molar refractivity (Wildman–Crippen MR) is 53.6 cm³/mol. The molecule has 0 nitrogen and oxygen atoms in total. The quantitative estimate of drug-likeness (QED) is 0.218. The van der Waals surface area contributed by atoms with Crippen molar-refractivity contribution in [2.45, 2.75) is 45.4 Å². The van der Waals surface area contributed by atoms with Crippen LogP contribution in [0.4, 0.5) is 0 Å². The van der Waals surface area contributed by atoms with Crippen LogP contribution >= 0.6 is 0 Å². The van der Waals surface area contributed by atoms with Gasteiger partial charge in [-0.05, 0) is 12.8 Å². The van der Waals surface area contributed by atoms with E-state index in [1.165, 1.54) is 32.1 Å². The molecule has 0 aromatic carbocycles. The minimum atomic E-state index is 0. The van der Waals surface area contributed by atoms with Crippen LogP contribution in [0.2, 0.25) is 0 Å². The zero-order valence-corrected chi connectivity index (χ0v) is 11.8. The minimum absolute atomic E-state index is 0. The van der Waals surface area contributed by atoms with Crippen LogP contribution in [0.3, 0.4) is 0 Å². The number of allylic oxidation sites excluding steroid dienone is 2. The fourth-order valence-corrected chi connectivity index (χ4v) is 0.925. The Morgan fingerprint density at radius 2 is 1.75 bits per heavy atom. The van der Waals surface area contributed by atoms with Gasteiger partial charge in [-0.25, -0.2) is 0 Å². The third-order valence-corrected chi connectivity index (χ3v) is 1.56. The number of unbranched alkanes of at least 4 members (excludes halogenated alkanes) is 4. The van der Waals surface area contributed by atoms with Crippen molar-refractivity contribution < 1.29 is 24.0 Å². The van der Waals surface area contributed by atoms with Gasteiger partial charge in [-0.15, -0.1) is 6.08 Å². The van der Waals surface area contributed by atoms with E-state index in [-0.39, 0.29) is 47.0 Å². The SMILES string of the molecule is [CH2-]C/C=C\CCCCCC.[I-].[Mg+2]. The van der Waals surface area contributed by atoms with E-state index in [2.05, 4.69) is 26.0 Å². The Kier molecular flexibility index (Phi) is 28.5. The molecular weight excluding hydrogens is 271 g/mol. The van der Waals surface area contributed by atoms with E-state index in [0.29, 0.717) is 0 Å². The first-order valence-electron chi connectivity index (χ1n) is 4.36. The minimum Gasteiger partial charge on any atom is -1.00 e. The molecule has 0 atom stereocenters. The molecule has 0 aromatic rings. The van der Waals surface area contributed by atoms with E-state index in [0.717, 1.165) is 6.42 Å². The van der Waals surface area contributed by atoms with Gasteiger partial charge in [0, 0.05) is 0 Å². The van der Waals surface area contributed by atoms with Crippen molar-refractivity contribution in [3.8, 4) is 0 Å². The summed E-state index contributed by atoms with van der Waals surface area (Å²) in [4.78, 5) is 0. The van der Waals surface area contributed by atoms with Crippen LogP contribution in [-0.4, -0.2) is 23.1 Å². The Morgan fingerprint density at radius 3 is 2.25 bits per heavy atom. The predicted octanol–water partition coefficient (Wildman–Crippen LogP) is 0.360. The van der Waals surface area contributed by atoms with Gasteiger partial charge >= 0.3 is 23.1 Å². The second-order valence-corrected chi connectivity index (χ2v) is 2.61. The monoisotopic (exact) mass is 290 g/mol. The summed E-state index contributed by atoms with van der Waals surface area (Å²) in [6.45, 7) is 5.97. The van der Waals surface area contributed by atoms with E-state index in [1.807, 2.05) is 0 Å². The largest absolute Gasteiger partial charge is 2.00 e. The molecule has 0 N–H and O–H groups in total. The number of rotatable bonds is 6. The molecule has 0 aliphatic rings. The maximum Gasteiger partial charge on any atom is 2.00 e. The first kappa shape index (κ1) is 18.9. The van der Waals surface area contributed by atoms with Gasteiger partial charge in [0.25, 0.3) is 0 Å². The molecule has 0 saturated heterocycles. The average Bonchev–Trinajstić information content (AvgIpc) is 1.97. The Morgan fingerprint density at radius 1 is 1.08 bits per heavy atom. The topological polar surface area (TPSA) is 0 Å². The fourth-order valence-electron chi connectivity index (χ4n) is 0.925. The third-order valence-electron chi connectivity index (χ3n) is 1.56. The van der Waals surface area contributed by atoms with Crippen LogP contribution in [0.15, 0.2) is 12.2 Å². The molecule has 0 heterocycles. The van der Waals surface area contributed by atoms with E-state index in [9.17, 15) is 0 Å². The summed E-state index contributed by atoms with van der Waals surface area (Å²) in [5.74, 6) is 0. The van der Waals surface area contributed by atoms with E-state index >= 15 is 0 Å². The van der Waals surface area contributed by atoms with Gasteiger partial charge in [0.05, 0.1) is 0 Å². The third kappa shape index (κ3) is 17.4. The molecule has 0 unspecified atom stereocenters. The van der Waals surface area contributed by atoms with E-state index < -0.39 is 0 Å². The van der Waals surface area contributed by atoms with Crippen molar-refractivity contribution in [2.24, 2.45) is 0 Å². The van der Waals surface area contributed by atoms with Crippen molar-refractivity contribution in [1.82, 2.24) is 0 Å². The first-order valence-corrected chi connectivity index (χ1v) is 4.36. The van der Waals surface area contributed by atoms with Crippen LogP contribution in [0.1, 0.15) is 45.4 Å². The molecule has 0 amide bonds. The van der Waals surface area contributed by atoms with Crippen molar-refractivity contribution in [3.05, 3.63) is 19.1 Å². The van der Waals surface area contributed by atoms with Crippen LogP contribution in [0.5, 0.6) is 0 Å². The van der Waals surface area contributed by atoms with Crippen LogP contribution in [0.25, 0.3) is 0 Å². The number of hydrogen-bond acceptors (Lipinski definition) is 0. The summed E-state index contributed by atoms with van der Waals surface area (Å²) in [6, 6.07) is 0. The fraction of sp³-hybridized carbons (Fsp3) is 0.700. The summed E-state index contributed by atoms with van der Waals surface area (Å²) in [5, 5.41) is 0. The van der Waals surface area contributed by atoms with Gasteiger partial charge in [-0.1, -0.05) is 32.3 Å². The van der Waals surface area contributed by atoms with E-state index in [1.54, 1.807) is 0 Å². The molecular formula is C10H19IMg. The molecule has 0 aromatic heterocycles. The maximum absolute atomic E-state index is 3.73. The van der Waals surface area contributed by atoms with Gasteiger partial charge in [-0.3, -0.25) is 0 Å². The van der Waals surface area contributed by atoms with Crippen molar-refractivity contribution in [1.29, 1.82) is 0 Å². The zero-order chi connectivity index (χ0) is 7.66. The Hall–Kier alpha value is 1.24. The summed E-state index contributed by atoms with van der Waals surface area (Å²) in [6.07, 6.45) is 12.0. The molecule has 0 radical (unpaired) electrons. The Bertz CT molecular complexity index is 81.9. The molecule has 0 spiro atoms. The van der Waals surface area contributed by atoms with Gasteiger partial charge in [0.15, 0.2) is 0 Å². The van der Waals surface area contributed by atoms with Crippen LogP contribution in [0, 0.1) is 6.92 Å². The summed E-state index contributed by atoms with van der Waals surface area (Å²) in [5.41, 5.74) is 0.